The fourth-order valence-corrected chi connectivity index (χ4v) is 3.01. The zero-order valence-electron chi connectivity index (χ0n) is 9.90. The van der Waals surface area contributed by atoms with E-state index in [-0.39, 0.29) is 16.3 Å². The van der Waals surface area contributed by atoms with Crippen LogP contribution >= 0.6 is 15.9 Å². The van der Waals surface area contributed by atoms with Crippen LogP contribution in [0.4, 0.5) is 20.2 Å². The number of nitrogen functional groups attached to an aromatic ring is 1. The topological polar surface area (TPSA) is 72.2 Å². The van der Waals surface area contributed by atoms with Crippen molar-refractivity contribution in [2.45, 2.75) is 4.90 Å². The Balaban J connectivity index is 2.40. The maximum atomic E-state index is 13.3. The molecule has 0 bridgehead atoms. The van der Waals surface area contributed by atoms with Crippen LogP contribution in [0.15, 0.2) is 45.8 Å². The Bertz CT molecular complexity index is 766. The molecule has 0 aliphatic rings. The molecule has 2 rings (SSSR count). The highest BCUT2D eigenvalue weighted by atomic mass is 79.9. The van der Waals surface area contributed by atoms with Crippen molar-refractivity contribution in [3.8, 4) is 0 Å². The lowest BCUT2D eigenvalue weighted by molar-refractivity contribution is 0.596. The number of nitrogens with two attached hydrogens (primary N) is 1. The highest BCUT2D eigenvalue weighted by Crippen LogP contribution is 2.26. The molecule has 0 saturated carbocycles. The molecule has 0 heterocycles. The molecule has 0 spiro atoms. The molecule has 0 radical (unpaired) electrons. The molecule has 0 amide bonds. The van der Waals surface area contributed by atoms with Gasteiger partial charge in [0.1, 0.15) is 11.6 Å². The van der Waals surface area contributed by atoms with E-state index in [2.05, 4.69) is 20.7 Å². The number of halogens is 3. The highest BCUT2D eigenvalue weighted by Gasteiger charge is 2.17. The van der Waals surface area contributed by atoms with E-state index in [1.165, 1.54) is 12.1 Å². The van der Waals surface area contributed by atoms with Crippen LogP contribution in [0.25, 0.3) is 0 Å². The minimum atomic E-state index is -4.03. The smallest absolute Gasteiger partial charge is 0.262 e. The summed E-state index contributed by atoms with van der Waals surface area (Å²) in [6.45, 7) is 0. The maximum absolute atomic E-state index is 13.3. The first-order valence-electron chi connectivity index (χ1n) is 5.32. The summed E-state index contributed by atoms with van der Waals surface area (Å²) >= 11 is 3.09. The Morgan fingerprint density at radius 2 is 1.80 bits per heavy atom. The summed E-state index contributed by atoms with van der Waals surface area (Å²) in [4.78, 5) is -0.305. The van der Waals surface area contributed by atoms with Gasteiger partial charge in [0.2, 0.25) is 0 Å². The lowest BCUT2D eigenvalue weighted by atomic mass is 10.3. The molecule has 20 heavy (non-hydrogen) atoms. The molecule has 106 valence electrons. The Morgan fingerprint density at radius 3 is 2.45 bits per heavy atom. The third kappa shape index (κ3) is 3.07. The van der Waals surface area contributed by atoms with Gasteiger partial charge >= 0.3 is 0 Å². The van der Waals surface area contributed by atoms with Gasteiger partial charge in [-0.3, -0.25) is 4.72 Å². The van der Waals surface area contributed by atoms with Gasteiger partial charge < -0.3 is 5.73 Å². The SMILES string of the molecule is Nc1ccc(S(=O)(=O)Nc2cc(F)ccc2Br)cc1F. The molecule has 0 unspecified atom stereocenters. The van der Waals surface area contributed by atoms with Crippen molar-refractivity contribution in [1.29, 1.82) is 0 Å². The average molecular weight is 363 g/mol. The molecule has 4 nitrogen and oxygen atoms in total. The van der Waals surface area contributed by atoms with Gasteiger partial charge in [-0.2, -0.15) is 0 Å². The number of hydrogen-bond acceptors (Lipinski definition) is 3. The molecular weight excluding hydrogens is 354 g/mol. The van der Waals surface area contributed by atoms with Gasteiger partial charge in [-0.25, -0.2) is 17.2 Å². The van der Waals surface area contributed by atoms with Gasteiger partial charge in [-0.1, -0.05) is 0 Å². The number of rotatable bonds is 3. The minimum absolute atomic E-state index is 0.0160. The number of hydrogen-bond donors (Lipinski definition) is 2. The quantitative estimate of drug-likeness (QED) is 0.824. The third-order valence-electron chi connectivity index (χ3n) is 2.45. The number of benzene rings is 2. The van der Waals surface area contributed by atoms with E-state index in [0.717, 1.165) is 24.3 Å². The first-order valence-corrected chi connectivity index (χ1v) is 7.60. The fraction of sp³-hybridized carbons (Fsp3) is 0. The molecule has 0 aliphatic carbocycles. The summed E-state index contributed by atoms with van der Waals surface area (Å²) in [5.74, 6) is -1.44. The molecular formula is C12H9BrF2N2O2S. The second kappa shape index (κ2) is 5.37. The van der Waals surface area contributed by atoms with Gasteiger partial charge in [0, 0.05) is 4.47 Å². The molecule has 2 aromatic rings. The lowest BCUT2D eigenvalue weighted by Crippen LogP contribution is -2.14. The Kier molecular flexibility index (Phi) is 3.96. The summed E-state index contributed by atoms with van der Waals surface area (Å²) in [6, 6.07) is 6.64. The van der Waals surface area contributed by atoms with Gasteiger partial charge in [0.25, 0.3) is 10.0 Å². The predicted octanol–water partition coefficient (Wildman–Crippen LogP) is 3.11. The van der Waals surface area contributed by atoms with Crippen molar-refractivity contribution in [2.75, 3.05) is 10.5 Å². The first kappa shape index (κ1) is 14.7. The van der Waals surface area contributed by atoms with E-state index in [1.54, 1.807) is 0 Å². The van der Waals surface area contributed by atoms with Crippen LogP contribution in [0, 0.1) is 11.6 Å². The molecule has 0 atom stereocenters. The van der Waals surface area contributed by atoms with Crippen molar-refractivity contribution < 1.29 is 17.2 Å². The van der Waals surface area contributed by atoms with E-state index < -0.39 is 21.7 Å². The van der Waals surface area contributed by atoms with Crippen LogP contribution in [0.2, 0.25) is 0 Å². The Labute approximate surface area is 122 Å². The van der Waals surface area contributed by atoms with Crippen molar-refractivity contribution in [3.63, 3.8) is 0 Å². The van der Waals surface area contributed by atoms with Crippen molar-refractivity contribution in [2.24, 2.45) is 0 Å². The summed E-state index contributed by atoms with van der Waals surface area (Å²) < 4.78 is 53.1. The second-order valence-corrected chi connectivity index (χ2v) is 6.45. The van der Waals surface area contributed by atoms with E-state index in [4.69, 9.17) is 5.73 Å². The minimum Gasteiger partial charge on any atom is -0.396 e. The number of anilines is 2. The predicted molar refractivity (Wildman–Crippen MR) is 75.7 cm³/mol. The van der Waals surface area contributed by atoms with Gasteiger partial charge in [0.05, 0.1) is 16.3 Å². The van der Waals surface area contributed by atoms with Crippen LogP contribution in [0.5, 0.6) is 0 Å². The number of nitrogens with one attached hydrogen (secondary N) is 1. The standard InChI is InChI=1S/C12H9BrF2N2O2S/c13-9-3-1-7(14)5-12(9)17-20(18,19)8-2-4-11(16)10(15)6-8/h1-6,17H,16H2. The van der Waals surface area contributed by atoms with E-state index in [9.17, 15) is 17.2 Å². The van der Waals surface area contributed by atoms with Gasteiger partial charge in [0.15, 0.2) is 0 Å². The molecule has 2 aromatic carbocycles. The van der Waals surface area contributed by atoms with Crippen LogP contribution in [-0.2, 0) is 10.0 Å². The monoisotopic (exact) mass is 362 g/mol. The van der Waals surface area contributed by atoms with Crippen LogP contribution in [-0.4, -0.2) is 8.42 Å². The normalized spacial score (nSPS) is 11.3. The summed E-state index contributed by atoms with van der Waals surface area (Å²) in [5, 5.41) is 0. The average Bonchev–Trinajstić information content (AvgIpc) is 2.36. The second-order valence-electron chi connectivity index (χ2n) is 3.91. The molecule has 3 N–H and O–H groups in total. The van der Waals surface area contributed by atoms with Gasteiger partial charge in [-0.15, -0.1) is 0 Å². The summed E-state index contributed by atoms with van der Waals surface area (Å²) in [6.07, 6.45) is 0. The van der Waals surface area contributed by atoms with Crippen LogP contribution < -0.4 is 10.5 Å². The Morgan fingerprint density at radius 1 is 1.10 bits per heavy atom. The molecule has 0 saturated heterocycles. The lowest BCUT2D eigenvalue weighted by Gasteiger charge is -2.10. The van der Waals surface area contributed by atoms with Gasteiger partial charge in [-0.05, 0) is 52.3 Å². The van der Waals surface area contributed by atoms with Crippen LogP contribution in [0.1, 0.15) is 0 Å². The molecule has 0 aliphatic heterocycles. The zero-order chi connectivity index (χ0) is 14.9. The number of sulfonamides is 1. The molecule has 8 heteroatoms. The maximum Gasteiger partial charge on any atom is 0.262 e. The van der Waals surface area contributed by atoms with Crippen molar-refractivity contribution >= 4 is 37.3 Å². The zero-order valence-corrected chi connectivity index (χ0v) is 12.3. The van der Waals surface area contributed by atoms with E-state index in [1.807, 2.05) is 0 Å². The summed E-state index contributed by atoms with van der Waals surface area (Å²) in [5.41, 5.74) is 5.14. The highest BCUT2D eigenvalue weighted by molar-refractivity contribution is 9.10. The largest absolute Gasteiger partial charge is 0.396 e. The molecule has 0 aromatic heterocycles. The summed E-state index contributed by atoms with van der Waals surface area (Å²) in [7, 11) is -4.03. The van der Waals surface area contributed by atoms with Crippen molar-refractivity contribution in [1.82, 2.24) is 0 Å². The molecule has 0 fully saturated rings. The third-order valence-corrected chi connectivity index (χ3v) is 4.51. The first-order chi connectivity index (χ1) is 9.29. The van der Waals surface area contributed by atoms with Crippen molar-refractivity contribution in [3.05, 3.63) is 52.5 Å². The fourth-order valence-electron chi connectivity index (χ4n) is 1.45. The Hall–Kier alpha value is -1.67. The van der Waals surface area contributed by atoms with E-state index in [0.29, 0.717) is 4.47 Å². The van der Waals surface area contributed by atoms with Crippen LogP contribution in [0.3, 0.4) is 0 Å². The van der Waals surface area contributed by atoms with E-state index >= 15 is 0 Å².